The van der Waals surface area contributed by atoms with Gasteiger partial charge in [-0.05, 0) is 19.3 Å². The summed E-state index contributed by atoms with van der Waals surface area (Å²) < 4.78 is 4.53. The smallest absolute Gasteiger partial charge is 0.311 e. The van der Waals surface area contributed by atoms with Crippen molar-refractivity contribution in [3.63, 3.8) is 0 Å². The molecule has 0 aromatic carbocycles. The molecule has 1 rings (SSSR count). The highest BCUT2D eigenvalue weighted by molar-refractivity contribution is 5.99. The zero-order valence-electron chi connectivity index (χ0n) is 6.80. The lowest BCUT2D eigenvalue weighted by Crippen LogP contribution is -2.12. The summed E-state index contributed by atoms with van der Waals surface area (Å²) in [7, 11) is 1.41. The summed E-state index contributed by atoms with van der Waals surface area (Å²) in [4.78, 5) is 15.0. The maximum absolute atomic E-state index is 10.8. The molecule has 3 heteroatoms. The van der Waals surface area contributed by atoms with Crippen LogP contribution >= 0.6 is 0 Å². The van der Waals surface area contributed by atoms with Crippen molar-refractivity contribution < 1.29 is 9.53 Å². The summed E-state index contributed by atoms with van der Waals surface area (Å²) >= 11 is 0. The monoisotopic (exact) mass is 155 g/mol. The molecule has 0 aliphatic carbocycles. The van der Waals surface area contributed by atoms with Crippen LogP contribution in [0.5, 0.6) is 0 Å². The molecule has 0 aromatic heterocycles. The normalized spacial score (nSPS) is 17.4. The van der Waals surface area contributed by atoms with E-state index < -0.39 is 0 Å². The van der Waals surface area contributed by atoms with Crippen LogP contribution in [0.15, 0.2) is 4.99 Å². The number of ether oxygens (including phenoxy) is 1. The van der Waals surface area contributed by atoms with Crippen molar-refractivity contribution in [2.24, 2.45) is 4.99 Å². The zero-order chi connectivity index (χ0) is 8.10. The predicted molar refractivity (Wildman–Crippen MR) is 42.8 cm³/mol. The summed E-state index contributed by atoms with van der Waals surface area (Å²) in [5, 5.41) is 0. The van der Waals surface area contributed by atoms with Crippen LogP contribution in [0.25, 0.3) is 0 Å². The highest BCUT2D eigenvalue weighted by atomic mass is 16.5. The molecule has 0 saturated heterocycles. The van der Waals surface area contributed by atoms with Crippen molar-refractivity contribution in [3.8, 4) is 0 Å². The quantitative estimate of drug-likeness (QED) is 0.561. The third-order valence-corrected chi connectivity index (χ3v) is 1.78. The Kier molecular flexibility index (Phi) is 3.08. The molecule has 62 valence electrons. The SMILES string of the molecule is COC(=O)CC1=NCCCC1. The Balaban J connectivity index is 2.35. The van der Waals surface area contributed by atoms with E-state index in [9.17, 15) is 4.79 Å². The van der Waals surface area contributed by atoms with Crippen molar-refractivity contribution in [3.05, 3.63) is 0 Å². The lowest BCUT2D eigenvalue weighted by atomic mass is 10.1. The topological polar surface area (TPSA) is 38.7 Å². The highest BCUT2D eigenvalue weighted by Gasteiger charge is 2.09. The lowest BCUT2D eigenvalue weighted by Gasteiger charge is -2.09. The summed E-state index contributed by atoms with van der Waals surface area (Å²) in [5.74, 6) is -0.175. The van der Waals surface area contributed by atoms with Gasteiger partial charge < -0.3 is 4.74 Å². The predicted octanol–water partition coefficient (Wildman–Crippen LogP) is 1.17. The molecule has 0 unspecified atom stereocenters. The Morgan fingerprint density at radius 1 is 1.64 bits per heavy atom. The van der Waals surface area contributed by atoms with Crippen LogP contribution in [-0.4, -0.2) is 25.3 Å². The first-order chi connectivity index (χ1) is 5.33. The standard InChI is InChI=1S/C8H13NO2/c1-11-8(10)6-7-4-2-3-5-9-7/h2-6H2,1H3. The second-order valence-corrected chi connectivity index (χ2v) is 2.66. The molecular weight excluding hydrogens is 142 g/mol. The van der Waals surface area contributed by atoms with E-state index in [4.69, 9.17) is 0 Å². The van der Waals surface area contributed by atoms with Crippen molar-refractivity contribution in [2.45, 2.75) is 25.7 Å². The molecule has 1 aliphatic rings. The molecule has 1 heterocycles. The van der Waals surface area contributed by atoms with Crippen LogP contribution < -0.4 is 0 Å². The molecule has 0 aromatic rings. The van der Waals surface area contributed by atoms with Crippen LogP contribution in [0.3, 0.4) is 0 Å². The maximum Gasteiger partial charge on any atom is 0.311 e. The van der Waals surface area contributed by atoms with E-state index in [1.54, 1.807) is 0 Å². The summed E-state index contributed by atoms with van der Waals surface area (Å²) in [6.45, 7) is 0.881. The number of hydrogen-bond acceptors (Lipinski definition) is 3. The largest absolute Gasteiger partial charge is 0.469 e. The van der Waals surface area contributed by atoms with Crippen LogP contribution in [-0.2, 0) is 9.53 Å². The van der Waals surface area contributed by atoms with E-state index >= 15 is 0 Å². The fraction of sp³-hybridized carbons (Fsp3) is 0.750. The van der Waals surface area contributed by atoms with Gasteiger partial charge in [0.15, 0.2) is 0 Å². The number of carbonyl (C=O) groups excluding carboxylic acids is 1. The molecule has 3 nitrogen and oxygen atoms in total. The number of methoxy groups -OCH3 is 1. The molecule has 0 fully saturated rings. The van der Waals surface area contributed by atoms with E-state index in [1.165, 1.54) is 7.11 Å². The molecule has 0 radical (unpaired) electrons. The number of hydrogen-bond donors (Lipinski definition) is 0. The van der Waals surface area contributed by atoms with E-state index in [0.29, 0.717) is 6.42 Å². The molecule has 0 N–H and O–H groups in total. The second-order valence-electron chi connectivity index (χ2n) is 2.66. The van der Waals surface area contributed by atoms with Crippen LogP contribution in [0.4, 0.5) is 0 Å². The average Bonchev–Trinajstić information content (AvgIpc) is 2.06. The van der Waals surface area contributed by atoms with Crippen molar-refractivity contribution in [1.82, 2.24) is 0 Å². The Bertz CT molecular complexity index is 175. The van der Waals surface area contributed by atoms with Gasteiger partial charge >= 0.3 is 5.97 Å². The first-order valence-electron chi connectivity index (χ1n) is 3.92. The summed E-state index contributed by atoms with van der Waals surface area (Å²) in [5.41, 5.74) is 1.00. The second kappa shape index (κ2) is 4.11. The number of esters is 1. The van der Waals surface area contributed by atoms with Crippen molar-refractivity contribution in [1.29, 1.82) is 0 Å². The molecule has 11 heavy (non-hydrogen) atoms. The van der Waals surface area contributed by atoms with Crippen molar-refractivity contribution >= 4 is 11.7 Å². The Morgan fingerprint density at radius 3 is 3.00 bits per heavy atom. The van der Waals surface area contributed by atoms with Gasteiger partial charge in [0.1, 0.15) is 0 Å². The van der Waals surface area contributed by atoms with Crippen LogP contribution in [0, 0.1) is 0 Å². The molecule has 1 aliphatic heterocycles. The Labute approximate surface area is 66.5 Å². The highest BCUT2D eigenvalue weighted by Crippen LogP contribution is 2.08. The average molecular weight is 155 g/mol. The third kappa shape index (κ3) is 2.70. The number of rotatable bonds is 2. The molecule has 0 atom stereocenters. The van der Waals surface area contributed by atoms with Crippen LogP contribution in [0.1, 0.15) is 25.7 Å². The van der Waals surface area contributed by atoms with E-state index in [1.807, 2.05) is 0 Å². The Morgan fingerprint density at radius 2 is 2.45 bits per heavy atom. The van der Waals surface area contributed by atoms with Gasteiger partial charge in [-0.1, -0.05) is 0 Å². The minimum Gasteiger partial charge on any atom is -0.469 e. The number of carbonyl (C=O) groups is 1. The number of aliphatic imine (C=N–C) groups is 1. The summed E-state index contributed by atoms with van der Waals surface area (Å²) in [6.07, 6.45) is 3.67. The maximum atomic E-state index is 10.8. The van der Waals surface area contributed by atoms with Crippen molar-refractivity contribution in [2.75, 3.05) is 13.7 Å². The van der Waals surface area contributed by atoms with E-state index in [0.717, 1.165) is 31.5 Å². The van der Waals surface area contributed by atoms with Gasteiger partial charge in [-0.25, -0.2) is 0 Å². The fourth-order valence-corrected chi connectivity index (χ4v) is 1.14. The third-order valence-electron chi connectivity index (χ3n) is 1.78. The lowest BCUT2D eigenvalue weighted by molar-refractivity contribution is -0.139. The molecule has 0 bridgehead atoms. The van der Waals surface area contributed by atoms with Gasteiger partial charge in [-0.3, -0.25) is 9.79 Å². The molecule has 0 spiro atoms. The van der Waals surface area contributed by atoms with Gasteiger partial charge in [-0.15, -0.1) is 0 Å². The van der Waals surface area contributed by atoms with Gasteiger partial charge in [0.2, 0.25) is 0 Å². The molecular formula is C8H13NO2. The van der Waals surface area contributed by atoms with Gasteiger partial charge in [0.25, 0.3) is 0 Å². The summed E-state index contributed by atoms with van der Waals surface area (Å²) in [6, 6.07) is 0. The Hall–Kier alpha value is -0.860. The van der Waals surface area contributed by atoms with Gasteiger partial charge in [-0.2, -0.15) is 0 Å². The van der Waals surface area contributed by atoms with Crippen LogP contribution in [0.2, 0.25) is 0 Å². The van der Waals surface area contributed by atoms with E-state index in [2.05, 4.69) is 9.73 Å². The number of nitrogens with zero attached hydrogens (tertiary/aromatic N) is 1. The first-order valence-corrected chi connectivity index (χ1v) is 3.92. The van der Waals surface area contributed by atoms with Gasteiger partial charge in [0, 0.05) is 12.3 Å². The van der Waals surface area contributed by atoms with E-state index in [-0.39, 0.29) is 5.97 Å². The van der Waals surface area contributed by atoms with Gasteiger partial charge in [0.05, 0.1) is 13.5 Å². The minimum atomic E-state index is -0.175. The molecule has 0 amide bonds. The first kappa shape index (κ1) is 8.24. The minimum absolute atomic E-state index is 0.175. The fourth-order valence-electron chi connectivity index (χ4n) is 1.14. The molecule has 0 saturated carbocycles. The zero-order valence-corrected chi connectivity index (χ0v) is 6.80.